The van der Waals surface area contributed by atoms with Crippen molar-refractivity contribution in [2.45, 2.75) is 6.10 Å². The van der Waals surface area contributed by atoms with Gasteiger partial charge in [-0.15, -0.1) is 0 Å². The molecule has 0 aliphatic carbocycles. The zero-order chi connectivity index (χ0) is 13.8. The Kier molecular flexibility index (Phi) is 3.56. The van der Waals surface area contributed by atoms with Gasteiger partial charge in [-0.1, -0.05) is 30.3 Å². The summed E-state index contributed by atoms with van der Waals surface area (Å²) in [5.74, 6) is 0.674. The molecule has 2 aromatic carbocycles. The first kappa shape index (κ1) is 12.6. The maximum absolute atomic E-state index is 10.0. The van der Waals surface area contributed by atoms with Crippen LogP contribution in [0.2, 0.25) is 0 Å². The van der Waals surface area contributed by atoms with E-state index in [0.717, 1.165) is 16.6 Å². The second kappa shape index (κ2) is 5.67. The molecular weight excluding hydrogens is 252 g/mol. The fourth-order valence-corrected chi connectivity index (χ4v) is 1.98. The van der Waals surface area contributed by atoms with Crippen molar-refractivity contribution in [3.63, 3.8) is 0 Å². The number of benzene rings is 2. The van der Waals surface area contributed by atoms with Gasteiger partial charge in [-0.05, 0) is 17.7 Å². The lowest BCUT2D eigenvalue weighted by Gasteiger charge is -2.12. The summed E-state index contributed by atoms with van der Waals surface area (Å²) in [5.41, 5.74) is 2.44. The molecule has 0 radical (unpaired) electrons. The zero-order valence-corrected chi connectivity index (χ0v) is 10.8. The van der Waals surface area contributed by atoms with E-state index in [1.54, 1.807) is 12.4 Å². The smallest absolute Gasteiger partial charge is 0.121 e. The number of hydrogen-bond donors (Lipinski definition) is 1. The number of aliphatic hydroxyl groups excluding tert-OH is 1. The van der Waals surface area contributed by atoms with E-state index in [2.05, 4.69) is 9.97 Å². The van der Waals surface area contributed by atoms with Gasteiger partial charge in [0.1, 0.15) is 18.5 Å². The molecule has 0 aliphatic heterocycles. The Morgan fingerprint density at radius 1 is 0.950 bits per heavy atom. The van der Waals surface area contributed by atoms with E-state index in [1.807, 2.05) is 48.5 Å². The van der Waals surface area contributed by atoms with Crippen molar-refractivity contribution in [2.75, 3.05) is 6.61 Å². The van der Waals surface area contributed by atoms with Gasteiger partial charge in [0.05, 0.1) is 11.0 Å². The van der Waals surface area contributed by atoms with Crippen LogP contribution in [0.15, 0.2) is 60.9 Å². The maximum Gasteiger partial charge on any atom is 0.121 e. The summed E-state index contributed by atoms with van der Waals surface area (Å²) in [6, 6.07) is 15.0. The molecule has 0 spiro atoms. The van der Waals surface area contributed by atoms with Crippen molar-refractivity contribution in [3.8, 4) is 5.75 Å². The van der Waals surface area contributed by atoms with Crippen molar-refractivity contribution in [3.05, 3.63) is 66.5 Å². The van der Waals surface area contributed by atoms with Crippen molar-refractivity contribution >= 4 is 11.0 Å². The minimum Gasteiger partial charge on any atom is -0.490 e. The standard InChI is InChI=1S/C16H14N2O2/c19-16(12-4-2-1-3-5-12)11-20-13-6-7-14-15(10-13)18-9-8-17-14/h1-10,16,19H,11H2. The Balaban J connectivity index is 1.70. The van der Waals surface area contributed by atoms with Gasteiger partial charge in [0, 0.05) is 18.5 Å². The van der Waals surface area contributed by atoms with Gasteiger partial charge in [0.2, 0.25) is 0 Å². The van der Waals surface area contributed by atoms with Gasteiger partial charge in [-0.3, -0.25) is 9.97 Å². The summed E-state index contributed by atoms with van der Waals surface area (Å²) in [6.07, 6.45) is 2.65. The number of rotatable bonds is 4. The number of hydrogen-bond acceptors (Lipinski definition) is 4. The van der Waals surface area contributed by atoms with Gasteiger partial charge >= 0.3 is 0 Å². The highest BCUT2D eigenvalue weighted by atomic mass is 16.5. The van der Waals surface area contributed by atoms with Gasteiger partial charge in [-0.25, -0.2) is 0 Å². The van der Waals surface area contributed by atoms with Gasteiger partial charge in [-0.2, -0.15) is 0 Å². The molecule has 4 heteroatoms. The van der Waals surface area contributed by atoms with Crippen molar-refractivity contribution < 1.29 is 9.84 Å². The van der Waals surface area contributed by atoms with Crippen LogP contribution in [-0.4, -0.2) is 21.7 Å². The second-order valence-corrected chi connectivity index (χ2v) is 4.44. The molecule has 0 aliphatic rings. The van der Waals surface area contributed by atoms with Crippen LogP contribution in [0.3, 0.4) is 0 Å². The van der Waals surface area contributed by atoms with Gasteiger partial charge < -0.3 is 9.84 Å². The molecule has 1 aromatic heterocycles. The Labute approximate surface area is 116 Å². The second-order valence-electron chi connectivity index (χ2n) is 4.44. The van der Waals surface area contributed by atoms with E-state index in [1.165, 1.54) is 0 Å². The van der Waals surface area contributed by atoms with E-state index >= 15 is 0 Å². The maximum atomic E-state index is 10.0. The molecule has 0 saturated heterocycles. The summed E-state index contributed by atoms with van der Waals surface area (Å²) in [7, 11) is 0. The molecule has 100 valence electrons. The lowest BCUT2D eigenvalue weighted by Crippen LogP contribution is -2.09. The lowest BCUT2D eigenvalue weighted by molar-refractivity contribution is 0.108. The SMILES string of the molecule is OC(COc1ccc2nccnc2c1)c1ccccc1. The molecule has 0 saturated carbocycles. The number of ether oxygens (including phenoxy) is 1. The quantitative estimate of drug-likeness (QED) is 0.789. The normalized spacial score (nSPS) is 12.2. The molecule has 1 heterocycles. The Bertz CT molecular complexity index is 701. The average molecular weight is 266 g/mol. The van der Waals surface area contributed by atoms with E-state index in [9.17, 15) is 5.11 Å². The van der Waals surface area contributed by atoms with Crippen molar-refractivity contribution in [2.24, 2.45) is 0 Å². The lowest BCUT2D eigenvalue weighted by atomic mass is 10.1. The summed E-state index contributed by atoms with van der Waals surface area (Å²) in [6.45, 7) is 0.204. The molecule has 1 unspecified atom stereocenters. The van der Waals surface area contributed by atoms with Crippen LogP contribution in [0.4, 0.5) is 0 Å². The van der Waals surface area contributed by atoms with Crippen LogP contribution in [0, 0.1) is 0 Å². The minimum absolute atomic E-state index is 0.204. The Morgan fingerprint density at radius 2 is 1.70 bits per heavy atom. The molecule has 20 heavy (non-hydrogen) atoms. The topological polar surface area (TPSA) is 55.2 Å². The van der Waals surface area contributed by atoms with Crippen LogP contribution in [-0.2, 0) is 0 Å². The highest BCUT2D eigenvalue weighted by Gasteiger charge is 2.08. The molecule has 4 nitrogen and oxygen atoms in total. The Hall–Kier alpha value is -2.46. The van der Waals surface area contributed by atoms with Crippen LogP contribution in [0.1, 0.15) is 11.7 Å². The third kappa shape index (κ3) is 2.75. The first-order chi connectivity index (χ1) is 9.83. The molecule has 0 fully saturated rings. The molecular formula is C16H14N2O2. The first-order valence-electron chi connectivity index (χ1n) is 6.39. The predicted octanol–water partition coefficient (Wildman–Crippen LogP) is 2.74. The molecule has 0 amide bonds. The number of aromatic nitrogens is 2. The zero-order valence-electron chi connectivity index (χ0n) is 10.8. The molecule has 3 aromatic rings. The average Bonchev–Trinajstić information content (AvgIpc) is 2.53. The first-order valence-corrected chi connectivity index (χ1v) is 6.39. The largest absolute Gasteiger partial charge is 0.490 e. The number of nitrogens with zero attached hydrogens (tertiary/aromatic N) is 2. The summed E-state index contributed by atoms with van der Waals surface area (Å²) in [5, 5.41) is 10.0. The van der Waals surface area contributed by atoms with E-state index in [0.29, 0.717) is 5.75 Å². The molecule has 3 rings (SSSR count). The third-order valence-electron chi connectivity index (χ3n) is 3.03. The third-order valence-corrected chi connectivity index (χ3v) is 3.03. The number of aliphatic hydroxyl groups is 1. The van der Waals surface area contributed by atoms with Crippen LogP contribution in [0.25, 0.3) is 11.0 Å². The molecule has 1 N–H and O–H groups in total. The predicted molar refractivity (Wildman–Crippen MR) is 76.4 cm³/mol. The monoisotopic (exact) mass is 266 g/mol. The van der Waals surface area contributed by atoms with E-state index in [-0.39, 0.29) is 6.61 Å². The van der Waals surface area contributed by atoms with Crippen LogP contribution in [0.5, 0.6) is 5.75 Å². The fraction of sp³-hybridized carbons (Fsp3) is 0.125. The Morgan fingerprint density at radius 3 is 2.50 bits per heavy atom. The number of fused-ring (bicyclic) bond motifs is 1. The molecule has 0 bridgehead atoms. The van der Waals surface area contributed by atoms with Crippen LogP contribution < -0.4 is 4.74 Å². The van der Waals surface area contributed by atoms with Crippen molar-refractivity contribution in [1.82, 2.24) is 9.97 Å². The van der Waals surface area contributed by atoms with Crippen molar-refractivity contribution in [1.29, 1.82) is 0 Å². The minimum atomic E-state index is -0.645. The van der Waals surface area contributed by atoms with Gasteiger partial charge in [0.15, 0.2) is 0 Å². The molecule has 1 atom stereocenters. The fourth-order valence-electron chi connectivity index (χ4n) is 1.98. The van der Waals surface area contributed by atoms with Crippen LogP contribution >= 0.6 is 0 Å². The highest BCUT2D eigenvalue weighted by Crippen LogP contribution is 2.19. The summed E-state index contributed by atoms with van der Waals surface area (Å²) < 4.78 is 5.61. The van der Waals surface area contributed by atoms with E-state index in [4.69, 9.17) is 4.74 Å². The highest BCUT2D eigenvalue weighted by molar-refractivity contribution is 5.75. The summed E-state index contributed by atoms with van der Waals surface area (Å²) in [4.78, 5) is 8.42. The van der Waals surface area contributed by atoms with Gasteiger partial charge in [0.25, 0.3) is 0 Å². The van der Waals surface area contributed by atoms with E-state index < -0.39 is 6.10 Å². The summed E-state index contributed by atoms with van der Waals surface area (Å²) >= 11 is 0.